The number of carboxylic acid groups (broad SMARTS) is 1. The van der Waals surface area contributed by atoms with E-state index in [0.717, 1.165) is 18.2 Å². The topological polar surface area (TPSA) is 120 Å². The molecule has 28 heavy (non-hydrogen) atoms. The van der Waals surface area contributed by atoms with Crippen LogP contribution in [-0.2, 0) is 17.4 Å². The van der Waals surface area contributed by atoms with E-state index in [4.69, 9.17) is 5.11 Å². The molecule has 3 amide bonds. The van der Waals surface area contributed by atoms with Crippen molar-refractivity contribution in [1.29, 1.82) is 0 Å². The van der Waals surface area contributed by atoms with Crippen molar-refractivity contribution in [2.75, 3.05) is 5.32 Å². The van der Waals surface area contributed by atoms with Gasteiger partial charge in [0.05, 0.1) is 5.56 Å². The van der Waals surface area contributed by atoms with E-state index in [0.29, 0.717) is 5.56 Å². The van der Waals surface area contributed by atoms with Crippen molar-refractivity contribution in [1.82, 2.24) is 15.8 Å². The molecule has 2 aromatic rings. The first-order valence-electron chi connectivity index (χ1n) is 7.86. The van der Waals surface area contributed by atoms with Crippen molar-refractivity contribution in [3.05, 3.63) is 59.3 Å². The lowest BCUT2D eigenvalue weighted by molar-refractivity contribution is -0.137. The van der Waals surface area contributed by atoms with Gasteiger partial charge in [0.2, 0.25) is 5.91 Å². The van der Waals surface area contributed by atoms with Crippen molar-refractivity contribution < 1.29 is 32.7 Å². The molecule has 0 aliphatic rings. The number of carbonyl (C=O) groups excluding carboxylic acids is 2. The van der Waals surface area contributed by atoms with Gasteiger partial charge in [0.1, 0.15) is 5.82 Å². The SMILES string of the molecule is O=C(O)Nc1cc(C(=O)NNC(=O)CCc2cccc(C(F)(F)F)c2)ccn1. The van der Waals surface area contributed by atoms with Crippen molar-refractivity contribution >= 4 is 23.7 Å². The highest BCUT2D eigenvalue weighted by Crippen LogP contribution is 2.29. The second-order valence-corrected chi connectivity index (χ2v) is 5.56. The molecule has 0 saturated carbocycles. The highest BCUT2D eigenvalue weighted by molar-refractivity contribution is 5.96. The molecular formula is C17H15F3N4O4. The number of hydrogen-bond acceptors (Lipinski definition) is 4. The number of aromatic nitrogens is 1. The van der Waals surface area contributed by atoms with Crippen LogP contribution in [0.2, 0.25) is 0 Å². The molecule has 11 heteroatoms. The normalized spacial score (nSPS) is 10.8. The van der Waals surface area contributed by atoms with Gasteiger partial charge in [0, 0.05) is 18.2 Å². The third-order valence-electron chi connectivity index (χ3n) is 3.47. The maximum atomic E-state index is 12.7. The largest absolute Gasteiger partial charge is 0.465 e. The van der Waals surface area contributed by atoms with Gasteiger partial charge in [-0.15, -0.1) is 0 Å². The van der Waals surface area contributed by atoms with E-state index >= 15 is 0 Å². The van der Waals surface area contributed by atoms with E-state index in [9.17, 15) is 27.6 Å². The summed E-state index contributed by atoms with van der Waals surface area (Å²) in [4.78, 5) is 38.0. The molecule has 1 aromatic heterocycles. The maximum absolute atomic E-state index is 12.7. The smallest absolute Gasteiger partial charge is 0.416 e. The zero-order valence-electron chi connectivity index (χ0n) is 14.2. The summed E-state index contributed by atoms with van der Waals surface area (Å²) in [5, 5.41) is 10.6. The number of carbonyl (C=O) groups is 3. The fraction of sp³-hybridized carbons (Fsp3) is 0.176. The summed E-state index contributed by atoms with van der Waals surface area (Å²) in [6.45, 7) is 0. The first-order valence-corrected chi connectivity index (χ1v) is 7.86. The lowest BCUT2D eigenvalue weighted by Gasteiger charge is -2.10. The number of halogens is 3. The van der Waals surface area contributed by atoms with Crippen LogP contribution in [0.3, 0.4) is 0 Å². The van der Waals surface area contributed by atoms with Crippen LogP contribution in [0.15, 0.2) is 42.6 Å². The minimum atomic E-state index is -4.47. The molecule has 0 atom stereocenters. The highest BCUT2D eigenvalue weighted by Gasteiger charge is 2.30. The summed E-state index contributed by atoms with van der Waals surface area (Å²) in [5.74, 6) is -1.40. The molecule has 1 aromatic carbocycles. The van der Waals surface area contributed by atoms with E-state index in [1.165, 1.54) is 24.4 Å². The minimum Gasteiger partial charge on any atom is -0.465 e. The monoisotopic (exact) mass is 396 g/mol. The first kappa shape index (κ1) is 20.7. The summed E-state index contributed by atoms with van der Waals surface area (Å²) < 4.78 is 38.0. The van der Waals surface area contributed by atoms with Crippen LogP contribution >= 0.6 is 0 Å². The Kier molecular flexibility index (Phi) is 6.53. The Morgan fingerprint density at radius 3 is 2.50 bits per heavy atom. The molecule has 0 spiro atoms. The van der Waals surface area contributed by atoms with Gasteiger partial charge in [0.25, 0.3) is 5.91 Å². The summed E-state index contributed by atoms with van der Waals surface area (Å²) in [6, 6.07) is 7.08. The quantitative estimate of drug-likeness (QED) is 0.579. The predicted octanol–water partition coefficient (Wildman–Crippen LogP) is 2.58. The summed E-state index contributed by atoms with van der Waals surface area (Å²) >= 11 is 0. The van der Waals surface area contributed by atoms with Gasteiger partial charge in [-0.05, 0) is 30.2 Å². The van der Waals surface area contributed by atoms with Crippen LogP contribution in [-0.4, -0.2) is 28.0 Å². The van der Waals surface area contributed by atoms with Crippen LogP contribution in [0.4, 0.5) is 23.8 Å². The van der Waals surface area contributed by atoms with Crippen LogP contribution < -0.4 is 16.2 Å². The van der Waals surface area contributed by atoms with Gasteiger partial charge >= 0.3 is 12.3 Å². The van der Waals surface area contributed by atoms with Gasteiger partial charge in [-0.25, -0.2) is 9.78 Å². The molecule has 0 unspecified atom stereocenters. The second kappa shape index (κ2) is 8.84. The molecule has 0 aliphatic heterocycles. The van der Waals surface area contributed by atoms with Crippen LogP contribution in [0, 0.1) is 0 Å². The molecule has 2 rings (SSSR count). The predicted molar refractivity (Wildman–Crippen MR) is 91.3 cm³/mol. The molecule has 4 N–H and O–H groups in total. The lowest BCUT2D eigenvalue weighted by atomic mass is 10.1. The molecule has 0 bridgehead atoms. The molecule has 1 heterocycles. The third-order valence-corrected chi connectivity index (χ3v) is 3.47. The summed E-state index contributed by atoms with van der Waals surface area (Å²) in [5.41, 5.74) is 3.83. The molecule has 0 aliphatic carbocycles. The standard InChI is InChI=1S/C17H15F3N4O4/c18-17(19,20)12-3-1-2-10(8-12)4-5-14(25)23-24-15(26)11-6-7-21-13(9-11)22-16(27)28/h1-3,6-9H,4-5H2,(H,21,22)(H,23,25)(H,24,26)(H,27,28). The van der Waals surface area contributed by atoms with Crippen LogP contribution in [0.1, 0.15) is 27.9 Å². The zero-order chi connectivity index (χ0) is 20.7. The molecule has 8 nitrogen and oxygen atoms in total. The number of nitrogens with zero attached hydrogens (tertiary/aromatic N) is 1. The highest BCUT2D eigenvalue weighted by atomic mass is 19.4. The van der Waals surface area contributed by atoms with Crippen molar-refractivity contribution in [2.45, 2.75) is 19.0 Å². The van der Waals surface area contributed by atoms with Crippen molar-refractivity contribution in [3.8, 4) is 0 Å². The zero-order valence-corrected chi connectivity index (χ0v) is 14.2. The lowest BCUT2D eigenvalue weighted by Crippen LogP contribution is -2.41. The van der Waals surface area contributed by atoms with Crippen molar-refractivity contribution in [3.63, 3.8) is 0 Å². The molecule has 0 saturated heterocycles. The Morgan fingerprint density at radius 1 is 1.07 bits per heavy atom. The molecule has 148 valence electrons. The van der Waals surface area contributed by atoms with Crippen LogP contribution in [0.25, 0.3) is 0 Å². The number of nitrogens with one attached hydrogen (secondary N) is 3. The van der Waals surface area contributed by atoms with Crippen molar-refractivity contribution in [2.24, 2.45) is 0 Å². The number of rotatable bonds is 5. The Labute approximate surface area is 156 Å². The van der Waals surface area contributed by atoms with E-state index in [-0.39, 0.29) is 24.2 Å². The number of hydrazine groups is 1. The minimum absolute atomic E-state index is 0.0388. The van der Waals surface area contributed by atoms with E-state index in [1.54, 1.807) is 0 Å². The number of aryl methyl sites for hydroxylation is 1. The maximum Gasteiger partial charge on any atom is 0.416 e. The Bertz CT molecular complexity index is 887. The van der Waals surface area contributed by atoms with E-state index < -0.39 is 29.6 Å². The fourth-order valence-electron chi connectivity index (χ4n) is 2.17. The molecule has 0 radical (unpaired) electrons. The number of amides is 3. The number of benzene rings is 1. The Hall–Kier alpha value is -3.63. The van der Waals surface area contributed by atoms with E-state index in [2.05, 4.69) is 15.8 Å². The number of anilines is 1. The van der Waals surface area contributed by atoms with Gasteiger partial charge in [0.15, 0.2) is 0 Å². The average molecular weight is 396 g/mol. The van der Waals surface area contributed by atoms with Gasteiger partial charge < -0.3 is 5.11 Å². The van der Waals surface area contributed by atoms with E-state index in [1.807, 2.05) is 5.32 Å². The number of pyridine rings is 1. The van der Waals surface area contributed by atoms with Crippen LogP contribution in [0.5, 0.6) is 0 Å². The molecule has 0 fully saturated rings. The second-order valence-electron chi connectivity index (χ2n) is 5.56. The van der Waals surface area contributed by atoms with Gasteiger partial charge in [-0.1, -0.05) is 18.2 Å². The van der Waals surface area contributed by atoms with Gasteiger partial charge in [-0.2, -0.15) is 13.2 Å². The number of alkyl halides is 3. The summed E-state index contributed by atoms with van der Waals surface area (Å²) in [6.07, 6.45) is -4.72. The Balaban J connectivity index is 1.86. The van der Waals surface area contributed by atoms with Gasteiger partial charge in [-0.3, -0.25) is 25.8 Å². The number of hydrogen-bond donors (Lipinski definition) is 4. The summed E-state index contributed by atoms with van der Waals surface area (Å²) in [7, 11) is 0. The molecular weight excluding hydrogens is 381 g/mol. The third kappa shape index (κ3) is 6.27. The Morgan fingerprint density at radius 2 is 1.82 bits per heavy atom. The fourth-order valence-corrected chi connectivity index (χ4v) is 2.17. The average Bonchev–Trinajstić information content (AvgIpc) is 2.63. The first-order chi connectivity index (χ1) is 13.1.